The highest BCUT2D eigenvalue weighted by atomic mass is 35.5. The number of halogens is 1. The number of primary amides is 1. The van der Waals surface area contributed by atoms with Crippen LogP contribution in [0.15, 0.2) is 24.3 Å². The summed E-state index contributed by atoms with van der Waals surface area (Å²) < 4.78 is 5.74. The van der Waals surface area contributed by atoms with Crippen molar-refractivity contribution < 1.29 is 14.3 Å². The molecule has 1 aromatic rings. The van der Waals surface area contributed by atoms with Gasteiger partial charge in [-0.05, 0) is 49.9 Å². The molecule has 8 heteroatoms. The average Bonchev–Trinajstić information content (AvgIpc) is 3.15. The highest BCUT2D eigenvalue weighted by Gasteiger charge is 2.34. The van der Waals surface area contributed by atoms with Crippen molar-refractivity contribution in [2.24, 2.45) is 5.73 Å². The molecule has 1 aromatic carbocycles. The van der Waals surface area contributed by atoms with Crippen molar-refractivity contribution in [1.29, 1.82) is 0 Å². The van der Waals surface area contributed by atoms with Crippen LogP contribution in [0.3, 0.4) is 0 Å². The van der Waals surface area contributed by atoms with Gasteiger partial charge in [0.1, 0.15) is 18.4 Å². The lowest BCUT2D eigenvalue weighted by atomic mass is 10.0. The van der Waals surface area contributed by atoms with Crippen molar-refractivity contribution in [2.45, 2.75) is 37.8 Å². The van der Waals surface area contributed by atoms with Gasteiger partial charge in [0.15, 0.2) is 0 Å². The minimum Gasteiger partial charge on any atom is -0.492 e. The van der Waals surface area contributed by atoms with Crippen molar-refractivity contribution in [1.82, 2.24) is 15.1 Å². The van der Waals surface area contributed by atoms with E-state index in [9.17, 15) is 9.59 Å². The number of carbonyl (C=O) groups excluding carboxylic acids is 2. The van der Waals surface area contributed by atoms with Crippen LogP contribution in [0.2, 0.25) is 5.02 Å². The summed E-state index contributed by atoms with van der Waals surface area (Å²) in [6.07, 6.45) is 3.31. The molecule has 3 rings (SSSR count). The normalized spacial score (nSPS) is 21.2. The van der Waals surface area contributed by atoms with Gasteiger partial charge >= 0.3 is 6.03 Å². The predicted molar refractivity (Wildman–Crippen MR) is 104 cm³/mol. The van der Waals surface area contributed by atoms with Gasteiger partial charge in [-0.25, -0.2) is 4.79 Å². The van der Waals surface area contributed by atoms with Crippen LogP contribution in [0.5, 0.6) is 5.75 Å². The highest BCUT2D eigenvalue weighted by Crippen LogP contribution is 2.19. The molecular formula is C19H27ClN4O3. The molecule has 2 aliphatic heterocycles. The number of piperidine rings is 1. The third-order valence-electron chi connectivity index (χ3n) is 5.26. The van der Waals surface area contributed by atoms with Crippen LogP contribution in [-0.4, -0.2) is 66.6 Å². The molecule has 2 aliphatic rings. The first-order chi connectivity index (χ1) is 13.0. The molecule has 2 fully saturated rings. The Morgan fingerprint density at radius 2 is 1.85 bits per heavy atom. The van der Waals surface area contributed by atoms with Gasteiger partial charge in [0.2, 0.25) is 5.91 Å². The fraction of sp³-hybridized carbons (Fsp3) is 0.579. The summed E-state index contributed by atoms with van der Waals surface area (Å²) >= 11 is 5.86. The minimum atomic E-state index is -0.511. The summed E-state index contributed by atoms with van der Waals surface area (Å²) in [7, 11) is 0. The second-order valence-corrected chi connectivity index (χ2v) is 7.55. The van der Waals surface area contributed by atoms with E-state index in [1.54, 1.807) is 0 Å². The summed E-state index contributed by atoms with van der Waals surface area (Å²) in [6.45, 7) is 3.87. The van der Waals surface area contributed by atoms with Crippen molar-refractivity contribution in [2.75, 3.05) is 32.8 Å². The summed E-state index contributed by atoms with van der Waals surface area (Å²) in [6, 6.07) is 6.59. The number of amides is 3. The molecular weight excluding hydrogens is 368 g/mol. The van der Waals surface area contributed by atoms with Crippen molar-refractivity contribution >= 4 is 23.5 Å². The second kappa shape index (κ2) is 9.28. The SMILES string of the molecule is NC(=O)N1CCC[C@H]1C(=O)NC1CCN(CCOc2ccc(Cl)cc2)CC1. The van der Waals surface area contributed by atoms with Gasteiger partial charge in [-0.3, -0.25) is 9.69 Å². The number of ether oxygens (including phenoxy) is 1. The molecule has 0 unspecified atom stereocenters. The van der Waals surface area contributed by atoms with Gasteiger partial charge in [0.25, 0.3) is 0 Å². The van der Waals surface area contributed by atoms with E-state index in [-0.39, 0.29) is 11.9 Å². The molecule has 3 N–H and O–H groups in total. The number of nitrogens with zero attached hydrogens (tertiary/aromatic N) is 2. The lowest BCUT2D eigenvalue weighted by Crippen LogP contribution is -2.52. The zero-order chi connectivity index (χ0) is 19.2. The van der Waals surface area contributed by atoms with Crippen LogP contribution in [-0.2, 0) is 4.79 Å². The topological polar surface area (TPSA) is 87.9 Å². The average molecular weight is 395 g/mol. The largest absolute Gasteiger partial charge is 0.492 e. The first-order valence-electron chi connectivity index (χ1n) is 9.50. The summed E-state index contributed by atoms with van der Waals surface area (Å²) in [5.74, 6) is 0.743. The molecule has 7 nitrogen and oxygen atoms in total. The maximum Gasteiger partial charge on any atom is 0.315 e. The third-order valence-corrected chi connectivity index (χ3v) is 5.51. The Morgan fingerprint density at radius 3 is 2.52 bits per heavy atom. The van der Waals surface area contributed by atoms with Gasteiger partial charge in [0, 0.05) is 37.2 Å². The maximum atomic E-state index is 12.5. The number of hydrogen-bond donors (Lipinski definition) is 2. The number of likely N-dealkylation sites (tertiary alicyclic amines) is 2. The predicted octanol–water partition coefficient (Wildman–Crippen LogP) is 1.84. The van der Waals surface area contributed by atoms with Crippen LogP contribution in [0, 0.1) is 0 Å². The summed E-state index contributed by atoms with van der Waals surface area (Å²) in [5.41, 5.74) is 5.36. The Kier molecular flexibility index (Phi) is 6.79. The molecule has 0 radical (unpaired) electrons. The number of hydrogen-bond acceptors (Lipinski definition) is 4. The molecule has 0 aliphatic carbocycles. The fourth-order valence-corrected chi connectivity index (χ4v) is 3.85. The smallest absolute Gasteiger partial charge is 0.315 e. The van der Waals surface area contributed by atoms with Crippen molar-refractivity contribution in [3.63, 3.8) is 0 Å². The van der Waals surface area contributed by atoms with Gasteiger partial charge < -0.3 is 20.7 Å². The molecule has 2 heterocycles. The molecule has 3 amide bonds. The molecule has 1 atom stereocenters. The molecule has 0 bridgehead atoms. The van der Waals surface area contributed by atoms with E-state index in [1.807, 2.05) is 24.3 Å². The Hall–Kier alpha value is -1.99. The third kappa shape index (κ3) is 5.49. The number of nitrogens with two attached hydrogens (primary N) is 1. The van der Waals surface area contributed by atoms with Crippen molar-refractivity contribution in [3.05, 3.63) is 29.3 Å². The number of benzene rings is 1. The minimum absolute atomic E-state index is 0.0733. The van der Waals surface area contributed by atoms with Crippen LogP contribution >= 0.6 is 11.6 Å². The zero-order valence-electron chi connectivity index (χ0n) is 15.4. The zero-order valence-corrected chi connectivity index (χ0v) is 16.2. The van der Waals surface area contributed by atoms with Crippen LogP contribution < -0.4 is 15.8 Å². The Labute approximate surface area is 164 Å². The first kappa shape index (κ1) is 19.8. The van der Waals surface area contributed by atoms with Crippen LogP contribution in [0.4, 0.5) is 4.79 Å². The Morgan fingerprint density at radius 1 is 1.15 bits per heavy atom. The van der Waals surface area contributed by atoms with Crippen molar-refractivity contribution in [3.8, 4) is 5.75 Å². The fourth-order valence-electron chi connectivity index (χ4n) is 3.72. The quantitative estimate of drug-likeness (QED) is 0.770. The Bertz CT molecular complexity index is 647. The highest BCUT2D eigenvalue weighted by molar-refractivity contribution is 6.30. The molecule has 0 spiro atoms. The number of urea groups is 1. The van der Waals surface area contributed by atoms with E-state index in [0.717, 1.165) is 44.6 Å². The number of rotatable bonds is 6. The molecule has 0 saturated carbocycles. The first-order valence-corrected chi connectivity index (χ1v) is 9.88. The van der Waals surface area contributed by atoms with E-state index < -0.39 is 12.1 Å². The van der Waals surface area contributed by atoms with Gasteiger partial charge in [0.05, 0.1) is 0 Å². The summed E-state index contributed by atoms with van der Waals surface area (Å²) in [5, 5.41) is 3.79. The van der Waals surface area contributed by atoms with Crippen LogP contribution in [0.1, 0.15) is 25.7 Å². The van der Waals surface area contributed by atoms with E-state index in [0.29, 0.717) is 24.6 Å². The summed E-state index contributed by atoms with van der Waals surface area (Å²) in [4.78, 5) is 27.7. The molecule has 27 heavy (non-hydrogen) atoms. The van der Waals surface area contributed by atoms with Crippen LogP contribution in [0.25, 0.3) is 0 Å². The lowest BCUT2D eigenvalue weighted by Gasteiger charge is -2.33. The van der Waals surface area contributed by atoms with E-state index in [4.69, 9.17) is 22.1 Å². The number of nitrogens with one attached hydrogen (secondary N) is 1. The number of carbonyl (C=O) groups is 2. The standard InChI is InChI=1S/C19H27ClN4O3/c20-14-3-5-16(6-4-14)27-13-12-23-10-7-15(8-11-23)22-18(25)17-2-1-9-24(17)19(21)26/h3-6,15,17H,1-2,7-13H2,(H2,21,26)(H,22,25)/t17-/m0/s1. The maximum absolute atomic E-state index is 12.5. The van der Waals surface area contributed by atoms with Gasteiger partial charge in [-0.1, -0.05) is 11.6 Å². The lowest BCUT2D eigenvalue weighted by molar-refractivity contribution is -0.125. The Balaban J connectivity index is 1.35. The van der Waals surface area contributed by atoms with E-state index in [2.05, 4.69) is 10.2 Å². The monoisotopic (exact) mass is 394 g/mol. The molecule has 148 valence electrons. The van der Waals surface area contributed by atoms with Gasteiger partial charge in [-0.15, -0.1) is 0 Å². The molecule has 2 saturated heterocycles. The second-order valence-electron chi connectivity index (χ2n) is 7.12. The van der Waals surface area contributed by atoms with E-state index >= 15 is 0 Å². The van der Waals surface area contributed by atoms with E-state index in [1.165, 1.54) is 4.90 Å². The van der Waals surface area contributed by atoms with Gasteiger partial charge in [-0.2, -0.15) is 0 Å². The molecule has 0 aromatic heterocycles.